The fraction of sp³-hybridized carbons (Fsp3) is 0.143. The van der Waals surface area contributed by atoms with Crippen LogP contribution in [0.2, 0.25) is 5.02 Å². The molecule has 94 valence electrons. The van der Waals surface area contributed by atoms with E-state index in [1.165, 1.54) is 12.1 Å². The molecule has 0 fully saturated rings. The van der Waals surface area contributed by atoms with Crippen LogP contribution in [0, 0.1) is 12.7 Å². The Morgan fingerprint density at radius 1 is 1.22 bits per heavy atom. The highest BCUT2D eigenvalue weighted by Gasteiger charge is 2.14. The maximum absolute atomic E-state index is 13.4. The van der Waals surface area contributed by atoms with Crippen LogP contribution in [0.25, 0.3) is 0 Å². The number of halogens is 3. The van der Waals surface area contributed by atoms with Crippen molar-refractivity contribution in [3.05, 3.63) is 68.4 Å². The van der Waals surface area contributed by atoms with Crippen LogP contribution in [0.3, 0.4) is 0 Å². The van der Waals surface area contributed by atoms with Crippen LogP contribution in [0.15, 0.2) is 40.9 Å². The molecule has 0 aliphatic heterocycles. The first kappa shape index (κ1) is 13.5. The molecule has 2 N–H and O–H groups in total. The summed E-state index contributed by atoms with van der Waals surface area (Å²) in [6.07, 6.45) is 0. The second kappa shape index (κ2) is 5.39. The molecule has 0 amide bonds. The van der Waals surface area contributed by atoms with Gasteiger partial charge in [-0.2, -0.15) is 0 Å². The van der Waals surface area contributed by atoms with Crippen LogP contribution < -0.4 is 5.73 Å². The number of rotatable bonds is 2. The summed E-state index contributed by atoms with van der Waals surface area (Å²) in [4.78, 5) is 0. The summed E-state index contributed by atoms with van der Waals surface area (Å²) in [5, 5.41) is 0.576. The van der Waals surface area contributed by atoms with Gasteiger partial charge in [0.2, 0.25) is 0 Å². The number of aryl methyl sites for hydroxylation is 1. The minimum atomic E-state index is -0.440. The Morgan fingerprint density at radius 2 is 1.94 bits per heavy atom. The van der Waals surface area contributed by atoms with Crippen molar-refractivity contribution < 1.29 is 4.39 Å². The van der Waals surface area contributed by atoms with Crippen LogP contribution in [0.1, 0.15) is 22.7 Å². The monoisotopic (exact) mass is 327 g/mol. The van der Waals surface area contributed by atoms with E-state index in [1.54, 1.807) is 6.07 Å². The first-order valence-corrected chi connectivity index (χ1v) is 6.62. The van der Waals surface area contributed by atoms with Gasteiger partial charge in [0, 0.05) is 9.50 Å². The normalized spacial score (nSPS) is 12.5. The molecule has 0 saturated heterocycles. The van der Waals surface area contributed by atoms with Gasteiger partial charge >= 0.3 is 0 Å². The molecule has 0 aromatic heterocycles. The van der Waals surface area contributed by atoms with Gasteiger partial charge in [-0.15, -0.1) is 0 Å². The summed E-state index contributed by atoms with van der Waals surface area (Å²) >= 11 is 9.50. The minimum Gasteiger partial charge on any atom is -0.320 e. The van der Waals surface area contributed by atoms with Gasteiger partial charge in [-0.3, -0.25) is 0 Å². The van der Waals surface area contributed by atoms with E-state index < -0.39 is 6.04 Å². The van der Waals surface area contributed by atoms with Crippen molar-refractivity contribution in [1.82, 2.24) is 0 Å². The average Bonchev–Trinajstić information content (AvgIpc) is 2.30. The summed E-state index contributed by atoms with van der Waals surface area (Å²) in [7, 11) is 0. The van der Waals surface area contributed by atoms with Crippen molar-refractivity contribution in [2.24, 2.45) is 5.73 Å². The first-order chi connectivity index (χ1) is 8.47. The standard InChI is InChI=1S/C14H12BrClFN/c1-8-4-9(6-11(17)5-8)14(18)12-7-10(15)2-3-13(12)16/h2-7,14H,18H2,1H3. The lowest BCUT2D eigenvalue weighted by atomic mass is 9.98. The van der Waals surface area contributed by atoms with Crippen molar-refractivity contribution >= 4 is 27.5 Å². The largest absolute Gasteiger partial charge is 0.320 e. The highest BCUT2D eigenvalue weighted by atomic mass is 79.9. The smallest absolute Gasteiger partial charge is 0.123 e. The Bertz CT molecular complexity index is 566. The molecular formula is C14H12BrClFN. The zero-order chi connectivity index (χ0) is 13.3. The molecule has 1 nitrogen and oxygen atoms in total. The highest BCUT2D eigenvalue weighted by molar-refractivity contribution is 9.10. The molecule has 0 radical (unpaired) electrons. The molecule has 0 aliphatic carbocycles. The van der Waals surface area contributed by atoms with Crippen molar-refractivity contribution in [2.75, 3.05) is 0 Å². The van der Waals surface area contributed by atoms with Crippen LogP contribution in [0.5, 0.6) is 0 Å². The predicted molar refractivity (Wildman–Crippen MR) is 76.3 cm³/mol. The molecule has 0 saturated carbocycles. The lowest BCUT2D eigenvalue weighted by Gasteiger charge is -2.15. The summed E-state index contributed by atoms with van der Waals surface area (Å²) in [5.41, 5.74) is 8.48. The summed E-state index contributed by atoms with van der Waals surface area (Å²) in [5.74, 6) is -0.286. The molecule has 18 heavy (non-hydrogen) atoms. The quantitative estimate of drug-likeness (QED) is 0.856. The fourth-order valence-electron chi connectivity index (χ4n) is 1.88. The molecule has 0 bridgehead atoms. The molecule has 1 atom stereocenters. The van der Waals surface area contributed by atoms with E-state index >= 15 is 0 Å². The lowest BCUT2D eigenvalue weighted by Crippen LogP contribution is -2.13. The van der Waals surface area contributed by atoms with Gasteiger partial charge in [0.15, 0.2) is 0 Å². The van der Waals surface area contributed by atoms with Gasteiger partial charge in [-0.05, 0) is 53.9 Å². The average molecular weight is 329 g/mol. The summed E-state index contributed by atoms with van der Waals surface area (Å²) in [6.45, 7) is 1.84. The fourth-order valence-corrected chi connectivity index (χ4v) is 2.49. The van der Waals surface area contributed by atoms with E-state index in [1.807, 2.05) is 25.1 Å². The minimum absolute atomic E-state index is 0.286. The van der Waals surface area contributed by atoms with Crippen LogP contribution in [-0.2, 0) is 0 Å². The van der Waals surface area contributed by atoms with Crippen LogP contribution >= 0.6 is 27.5 Å². The second-order valence-corrected chi connectivity index (χ2v) is 5.53. The van der Waals surface area contributed by atoms with Gasteiger partial charge < -0.3 is 5.73 Å². The Labute approximate surface area is 119 Å². The Hall–Kier alpha value is -0.900. The van der Waals surface area contributed by atoms with Crippen LogP contribution in [-0.4, -0.2) is 0 Å². The molecule has 0 spiro atoms. The number of nitrogens with two attached hydrogens (primary N) is 1. The topological polar surface area (TPSA) is 26.0 Å². The van der Waals surface area contributed by atoms with Gasteiger partial charge in [0.25, 0.3) is 0 Å². The Kier molecular flexibility index (Phi) is 4.05. The van der Waals surface area contributed by atoms with Crippen molar-refractivity contribution in [2.45, 2.75) is 13.0 Å². The van der Waals surface area contributed by atoms with Gasteiger partial charge in [-0.1, -0.05) is 33.6 Å². The van der Waals surface area contributed by atoms with Crippen LogP contribution in [0.4, 0.5) is 4.39 Å². The number of hydrogen-bond acceptors (Lipinski definition) is 1. The van der Waals surface area contributed by atoms with Crippen molar-refractivity contribution in [1.29, 1.82) is 0 Å². The van der Waals surface area contributed by atoms with Crippen molar-refractivity contribution in [3.8, 4) is 0 Å². The van der Waals surface area contributed by atoms with E-state index in [9.17, 15) is 4.39 Å². The Balaban J connectivity index is 2.47. The maximum Gasteiger partial charge on any atom is 0.123 e. The number of hydrogen-bond donors (Lipinski definition) is 1. The van der Waals surface area contributed by atoms with Gasteiger partial charge in [0.1, 0.15) is 5.82 Å². The maximum atomic E-state index is 13.4. The molecule has 4 heteroatoms. The highest BCUT2D eigenvalue weighted by Crippen LogP contribution is 2.29. The Morgan fingerprint density at radius 3 is 2.61 bits per heavy atom. The first-order valence-electron chi connectivity index (χ1n) is 5.45. The summed E-state index contributed by atoms with van der Waals surface area (Å²) < 4.78 is 14.3. The molecule has 2 aromatic carbocycles. The number of benzene rings is 2. The molecule has 2 aromatic rings. The third kappa shape index (κ3) is 2.91. The molecule has 2 rings (SSSR count). The molecule has 1 unspecified atom stereocenters. The SMILES string of the molecule is Cc1cc(F)cc(C(N)c2cc(Br)ccc2Cl)c1. The van der Waals surface area contributed by atoms with E-state index in [0.29, 0.717) is 10.6 Å². The predicted octanol–water partition coefficient (Wildman–Crippen LogP) is 4.60. The van der Waals surface area contributed by atoms with E-state index in [-0.39, 0.29) is 5.82 Å². The van der Waals surface area contributed by atoms with Crippen molar-refractivity contribution in [3.63, 3.8) is 0 Å². The van der Waals surface area contributed by atoms with E-state index in [4.69, 9.17) is 17.3 Å². The van der Waals surface area contributed by atoms with Gasteiger partial charge in [-0.25, -0.2) is 4.39 Å². The third-order valence-corrected chi connectivity index (χ3v) is 3.55. The zero-order valence-corrected chi connectivity index (χ0v) is 12.1. The second-order valence-electron chi connectivity index (χ2n) is 4.21. The van der Waals surface area contributed by atoms with E-state index in [0.717, 1.165) is 15.6 Å². The third-order valence-electron chi connectivity index (χ3n) is 2.72. The summed E-state index contributed by atoms with van der Waals surface area (Å²) in [6, 6.07) is 9.80. The zero-order valence-electron chi connectivity index (χ0n) is 9.75. The van der Waals surface area contributed by atoms with Gasteiger partial charge in [0.05, 0.1) is 6.04 Å². The van der Waals surface area contributed by atoms with E-state index in [2.05, 4.69) is 15.9 Å². The molecular weight excluding hydrogens is 317 g/mol. The molecule has 0 heterocycles. The molecule has 0 aliphatic rings. The lowest BCUT2D eigenvalue weighted by molar-refractivity contribution is 0.622.